The van der Waals surface area contributed by atoms with Crippen molar-refractivity contribution in [2.45, 2.75) is 37.5 Å². The number of hydrogen-bond donors (Lipinski definition) is 2. The number of hydrogen-bond acceptors (Lipinski definition) is 12. The molecule has 4 aromatic carbocycles. The predicted molar refractivity (Wildman–Crippen MR) is 250 cm³/mol. The zero-order chi connectivity index (χ0) is 43.6. The van der Waals surface area contributed by atoms with E-state index in [0.717, 1.165) is 96.9 Å². The SMILES string of the molecule is COc1ccccc1-c1ccc2cnc(N(c3ccc(C4CCNCC4)cc3OC)N(c3ncc4ccc(-c5ccccc5OC)n4n3)c3ccc(C4CCNCC4)cc3OC)nn12. The fraction of sp³-hybridized carbons (Fsp3) is 0.280. The third-order valence-corrected chi connectivity index (χ3v) is 12.6. The molecule has 0 spiro atoms. The van der Waals surface area contributed by atoms with E-state index in [0.29, 0.717) is 46.6 Å². The molecule has 4 aromatic heterocycles. The van der Waals surface area contributed by atoms with E-state index in [-0.39, 0.29) is 0 Å². The van der Waals surface area contributed by atoms with Crippen molar-refractivity contribution in [3.63, 3.8) is 0 Å². The molecule has 0 aliphatic carbocycles. The fourth-order valence-electron chi connectivity index (χ4n) is 9.27. The van der Waals surface area contributed by atoms with E-state index in [4.69, 9.17) is 39.1 Å². The second-order valence-electron chi connectivity index (χ2n) is 16.2. The maximum Gasteiger partial charge on any atom is 0.267 e. The van der Waals surface area contributed by atoms with Crippen molar-refractivity contribution in [2.24, 2.45) is 0 Å². The van der Waals surface area contributed by atoms with E-state index in [1.165, 1.54) is 11.1 Å². The first-order valence-corrected chi connectivity index (χ1v) is 21.9. The van der Waals surface area contributed by atoms with Gasteiger partial charge in [-0.15, -0.1) is 10.2 Å². The molecule has 10 rings (SSSR count). The van der Waals surface area contributed by atoms with Gasteiger partial charge in [-0.05, 0) is 148 Å². The van der Waals surface area contributed by atoms with Crippen LogP contribution in [0.2, 0.25) is 0 Å². The number of fused-ring (bicyclic) bond motifs is 2. The van der Waals surface area contributed by atoms with Crippen molar-refractivity contribution in [3.05, 3.63) is 133 Å². The van der Waals surface area contributed by atoms with Crippen LogP contribution in [-0.4, -0.2) is 83.8 Å². The number of ether oxygens (including phenoxy) is 4. The number of methoxy groups -OCH3 is 4. The standard InChI is InChI=1S/C50H52N10O4/c1-61-45-11-7-5-9-39(45)41-19-15-37-31-53-49(55-57(37)41)59(43-17-13-35(29-47(43)63-3)33-21-25-51-26-22-33)60(44-18-14-36(30-48(44)64-4)34-23-27-52-28-24-34)50-54-32-38-16-20-42(58(38)56-50)40-10-6-8-12-46(40)62-2/h5-20,29-34,51-52H,21-28H2,1-4H3. The molecule has 0 unspecified atom stereocenters. The van der Waals surface area contributed by atoms with Gasteiger partial charge in [0.25, 0.3) is 11.9 Å². The Morgan fingerprint density at radius 2 is 0.891 bits per heavy atom. The zero-order valence-electron chi connectivity index (χ0n) is 36.6. The molecule has 2 aliphatic heterocycles. The highest BCUT2D eigenvalue weighted by atomic mass is 16.5. The Morgan fingerprint density at radius 1 is 0.484 bits per heavy atom. The molecule has 2 fully saturated rings. The first-order chi connectivity index (χ1) is 31.6. The quantitative estimate of drug-likeness (QED) is 0.108. The van der Waals surface area contributed by atoms with Gasteiger partial charge in [0.1, 0.15) is 34.4 Å². The zero-order valence-corrected chi connectivity index (χ0v) is 36.6. The van der Waals surface area contributed by atoms with Gasteiger partial charge >= 0.3 is 0 Å². The van der Waals surface area contributed by atoms with Gasteiger partial charge in [-0.3, -0.25) is 0 Å². The number of piperidine rings is 2. The van der Waals surface area contributed by atoms with E-state index in [1.807, 2.05) is 104 Å². The summed E-state index contributed by atoms with van der Waals surface area (Å²) in [6.07, 6.45) is 7.81. The first-order valence-electron chi connectivity index (χ1n) is 21.9. The highest BCUT2D eigenvalue weighted by molar-refractivity contribution is 5.80. The molecule has 2 saturated heterocycles. The van der Waals surface area contributed by atoms with Gasteiger partial charge in [-0.2, -0.15) is 0 Å². The molecular formula is C50H52N10O4. The summed E-state index contributed by atoms with van der Waals surface area (Å²) in [4.78, 5) is 10.2. The third kappa shape index (κ3) is 7.58. The smallest absolute Gasteiger partial charge is 0.267 e. The minimum atomic E-state index is 0.332. The van der Waals surface area contributed by atoms with E-state index >= 15 is 0 Å². The summed E-state index contributed by atoms with van der Waals surface area (Å²) >= 11 is 0. The Kier molecular flexibility index (Phi) is 11.4. The normalized spacial score (nSPS) is 14.8. The second kappa shape index (κ2) is 17.9. The van der Waals surface area contributed by atoms with Gasteiger partial charge in [0.15, 0.2) is 0 Å². The van der Waals surface area contributed by atoms with E-state index in [2.05, 4.69) is 47.0 Å². The second-order valence-corrected chi connectivity index (χ2v) is 16.2. The molecule has 64 heavy (non-hydrogen) atoms. The number of hydrazine groups is 1. The van der Waals surface area contributed by atoms with Crippen LogP contribution < -0.4 is 39.6 Å². The van der Waals surface area contributed by atoms with Gasteiger partial charge in [-0.1, -0.05) is 36.4 Å². The largest absolute Gasteiger partial charge is 0.496 e. The highest BCUT2D eigenvalue weighted by Gasteiger charge is 2.33. The van der Waals surface area contributed by atoms with Crippen molar-refractivity contribution in [3.8, 4) is 45.5 Å². The number of benzene rings is 4. The summed E-state index contributed by atoms with van der Waals surface area (Å²) in [7, 11) is 6.78. The maximum absolute atomic E-state index is 6.35. The number of para-hydroxylation sites is 2. The topological polar surface area (TPSA) is 128 Å². The molecule has 6 heterocycles. The fourth-order valence-corrected chi connectivity index (χ4v) is 9.27. The number of rotatable bonds is 13. The summed E-state index contributed by atoms with van der Waals surface area (Å²) in [5.74, 6) is 4.19. The van der Waals surface area contributed by atoms with E-state index in [9.17, 15) is 0 Å². The predicted octanol–water partition coefficient (Wildman–Crippen LogP) is 8.97. The Bertz CT molecular complexity index is 2720. The van der Waals surface area contributed by atoms with Gasteiger partial charge < -0.3 is 29.6 Å². The van der Waals surface area contributed by atoms with Crippen LogP contribution in [0.5, 0.6) is 23.0 Å². The molecule has 14 heteroatoms. The summed E-state index contributed by atoms with van der Waals surface area (Å²) in [5, 5.41) is 21.6. The molecule has 2 aliphatic rings. The lowest BCUT2D eigenvalue weighted by molar-refractivity contribution is 0.409. The summed E-state index contributed by atoms with van der Waals surface area (Å²) in [6, 6.07) is 36.8. The van der Waals surface area contributed by atoms with Crippen LogP contribution >= 0.6 is 0 Å². The van der Waals surface area contributed by atoms with Crippen LogP contribution in [0.1, 0.15) is 48.6 Å². The van der Waals surface area contributed by atoms with Gasteiger partial charge in [0, 0.05) is 11.1 Å². The number of nitrogens with zero attached hydrogens (tertiary/aromatic N) is 8. The minimum absolute atomic E-state index is 0.332. The molecule has 0 radical (unpaired) electrons. The molecule has 8 aromatic rings. The van der Waals surface area contributed by atoms with Crippen LogP contribution in [0.25, 0.3) is 33.5 Å². The van der Waals surface area contributed by atoms with Crippen LogP contribution in [-0.2, 0) is 0 Å². The monoisotopic (exact) mass is 856 g/mol. The van der Waals surface area contributed by atoms with Crippen molar-refractivity contribution < 1.29 is 18.9 Å². The Morgan fingerprint density at radius 3 is 1.30 bits per heavy atom. The average Bonchev–Trinajstić information content (AvgIpc) is 4.00. The molecular weight excluding hydrogens is 805 g/mol. The Labute approximate surface area is 372 Å². The average molecular weight is 857 g/mol. The summed E-state index contributed by atoms with van der Waals surface area (Å²) in [5.41, 5.74) is 8.85. The number of anilines is 4. The van der Waals surface area contributed by atoms with Crippen LogP contribution in [0.4, 0.5) is 23.3 Å². The molecule has 0 saturated carbocycles. The van der Waals surface area contributed by atoms with Crippen LogP contribution in [0.15, 0.2) is 122 Å². The lowest BCUT2D eigenvalue weighted by Gasteiger charge is -2.36. The van der Waals surface area contributed by atoms with E-state index < -0.39 is 0 Å². The lowest BCUT2D eigenvalue weighted by Crippen LogP contribution is -2.39. The van der Waals surface area contributed by atoms with Gasteiger partial charge in [0.2, 0.25) is 0 Å². The van der Waals surface area contributed by atoms with Gasteiger partial charge in [0.05, 0.1) is 63.3 Å². The number of aromatic nitrogens is 6. The molecule has 0 bridgehead atoms. The summed E-state index contributed by atoms with van der Waals surface area (Å²) < 4.78 is 28.2. The molecule has 14 nitrogen and oxygen atoms in total. The Balaban J connectivity index is 1.23. The van der Waals surface area contributed by atoms with Crippen molar-refractivity contribution in [1.82, 2.24) is 39.8 Å². The third-order valence-electron chi connectivity index (χ3n) is 12.6. The molecule has 326 valence electrons. The van der Waals surface area contributed by atoms with E-state index in [1.54, 1.807) is 28.4 Å². The summed E-state index contributed by atoms with van der Waals surface area (Å²) in [6.45, 7) is 3.88. The highest BCUT2D eigenvalue weighted by Crippen LogP contribution is 2.45. The molecule has 0 atom stereocenters. The molecule has 0 amide bonds. The van der Waals surface area contributed by atoms with Crippen molar-refractivity contribution in [1.29, 1.82) is 0 Å². The van der Waals surface area contributed by atoms with Crippen molar-refractivity contribution in [2.75, 3.05) is 64.6 Å². The van der Waals surface area contributed by atoms with Crippen molar-refractivity contribution >= 4 is 34.3 Å². The molecule has 2 N–H and O–H groups in total. The Hall–Kier alpha value is -7.16. The van der Waals surface area contributed by atoms with Gasteiger partial charge in [-0.25, -0.2) is 29.0 Å². The maximum atomic E-state index is 6.35. The van der Waals surface area contributed by atoms with Crippen LogP contribution in [0, 0.1) is 0 Å². The number of nitrogens with one attached hydrogen (secondary N) is 2. The van der Waals surface area contributed by atoms with Crippen LogP contribution in [0.3, 0.4) is 0 Å². The first kappa shape index (κ1) is 40.9. The minimum Gasteiger partial charge on any atom is -0.496 e. The lowest BCUT2D eigenvalue weighted by atomic mass is 9.90.